The van der Waals surface area contributed by atoms with E-state index in [0.29, 0.717) is 6.61 Å². The number of carbonyl (C=O) groups excluding carboxylic acids is 1. The molecule has 0 fully saturated rings. The van der Waals surface area contributed by atoms with Gasteiger partial charge in [0.2, 0.25) is 5.91 Å². The third-order valence-corrected chi connectivity index (χ3v) is 12.3. The van der Waals surface area contributed by atoms with Crippen molar-refractivity contribution < 1.29 is 14.3 Å². The molecule has 0 aliphatic heterocycles. The van der Waals surface area contributed by atoms with E-state index in [-0.39, 0.29) is 17.9 Å². The highest BCUT2D eigenvalue weighted by Crippen LogP contribution is 2.31. The average molecular weight is 506 g/mol. The van der Waals surface area contributed by atoms with E-state index in [4.69, 9.17) is 4.43 Å². The van der Waals surface area contributed by atoms with E-state index in [2.05, 4.69) is 27.7 Å². The molecule has 4 nitrogen and oxygen atoms in total. The van der Waals surface area contributed by atoms with Gasteiger partial charge < -0.3 is 14.4 Å². The van der Waals surface area contributed by atoms with Crippen LogP contribution in [0.25, 0.3) is 0 Å². The van der Waals surface area contributed by atoms with Gasteiger partial charge in [-0.2, -0.15) is 0 Å². The standard InChI is InChI=1S/C30H55NO3Si/c1-7-11-18-28(30(33)31(6)26(5)29(32)27-19-16-15-17-20-27)21-22-34-35(23-12-8-2,24-13-9-3)25-14-10-4/h15-17,19-20,26,28-29,32H,7-14,18,21-25H2,1-6H3/t26-,28+,29+/m0/s1. The molecule has 0 bridgehead atoms. The van der Waals surface area contributed by atoms with Gasteiger partial charge in [-0.3, -0.25) is 4.79 Å². The number of rotatable bonds is 20. The summed E-state index contributed by atoms with van der Waals surface area (Å²) < 4.78 is 6.87. The van der Waals surface area contributed by atoms with Gasteiger partial charge in [0.05, 0.1) is 12.1 Å². The van der Waals surface area contributed by atoms with Gasteiger partial charge in [-0.05, 0) is 43.5 Å². The summed E-state index contributed by atoms with van der Waals surface area (Å²) in [5.41, 5.74) is 0.853. The van der Waals surface area contributed by atoms with E-state index in [1.54, 1.807) is 4.90 Å². The lowest BCUT2D eigenvalue weighted by Crippen LogP contribution is -2.43. The lowest BCUT2D eigenvalue weighted by Gasteiger charge is -2.34. The van der Waals surface area contributed by atoms with Crippen molar-refractivity contribution in [3.63, 3.8) is 0 Å². The van der Waals surface area contributed by atoms with Crippen molar-refractivity contribution in [2.24, 2.45) is 5.92 Å². The molecule has 35 heavy (non-hydrogen) atoms. The Labute approximate surface area is 218 Å². The largest absolute Gasteiger partial charge is 0.417 e. The van der Waals surface area contributed by atoms with Crippen LogP contribution in [-0.2, 0) is 9.22 Å². The van der Waals surface area contributed by atoms with E-state index in [9.17, 15) is 9.90 Å². The lowest BCUT2D eigenvalue weighted by molar-refractivity contribution is -0.139. The minimum Gasteiger partial charge on any atom is -0.417 e. The van der Waals surface area contributed by atoms with Crippen molar-refractivity contribution in [3.8, 4) is 0 Å². The molecule has 1 aromatic carbocycles. The van der Waals surface area contributed by atoms with Gasteiger partial charge in [-0.1, -0.05) is 109 Å². The van der Waals surface area contributed by atoms with Crippen LogP contribution in [0.3, 0.4) is 0 Å². The first kappa shape index (κ1) is 31.9. The molecule has 1 aromatic rings. The van der Waals surface area contributed by atoms with Gasteiger partial charge >= 0.3 is 0 Å². The molecule has 0 aromatic heterocycles. The van der Waals surface area contributed by atoms with Crippen LogP contribution in [0.4, 0.5) is 0 Å². The Kier molecular flexibility index (Phi) is 16.5. The summed E-state index contributed by atoms with van der Waals surface area (Å²) in [5, 5.41) is 10.9. The van der Waals surface area contributed by atoms with Gasteiger partial charge in [0.25, 0.3) is 0 Å². The zero-order chi connectivity index (χ0) is 26.1. The fourth-order valence-electron chi connectivity index (χ4n) is 4.98. The Morgan fingerprint density at radius 3 is 1.89 bits per heavy atom. The van der Waals surface area contributed by atoms with E-state index in [1.807, 2.05) is 44.3 Å². The summed E-state index contributed by atoms with van der Waals surface area (Å²) in [5.74, 6) is 0.105. The van der Waals surface area contributed by atoms with Crippen LogP contribution in [0.1, 0.15) is 110 Å². The van der Waals surface area contributed by atoms with Gasteiger partial charge in [0.1, 0.15) is 0 Å². The molecule has 3 atom stereocenters. The molecule has 1 N–H and O–H groups in total. The topological polar surface area (TPSA) is 49.8 Å². The maximum atomic E-state index is 13.6. The molecule has 0 saturated carbocycles. The smallest absolute Gasteiger partial charge is 0.225 e. The van der Waals surface area contributed by atoms with E-state index >= 15 is 0 Å². The summed E-state index contributed by atoms with van der Waals surface area (Å²) in [7, 11) is 0.0818. The highest BCUT2D eigenvalue weighted by atomic mass is 28.4. The highest BCUT2D eigenvalue weighted by Gasteiger charge is 2.34. The first-order chi connectivity index (χ1) is 16.9. The second-order valence-corrected chi connectivity index (χ2v) is 14.7. The van der Waals surface area contributed by atoms with Crippen LogP contribution in [0.5, 0.6) is 0 Å². The van der Waals surface area contributed by atoms with Crippen LogP contribution in [0.2, 0.25) is 18.1 Å². The Bertz CT molecular complexity index is 647. The predicted molar refractivity (Wildman–Crippen MR) is 152 cm³/mol. The monoisotopic (exact) mass is 505 g/mol. The Morgan fingerprint density at radius 2 is 1.40 bits per heavy atom. The number of hydrogen-bond acceptors (Lipinski definition) is 3. The second kappa shape index (κ2) is 18.1. The van der Waals surface area contributed by atoms with E-state index in [1.165, 1.54) is 56.7 Å². The summed E-state index contributed by atoms with van der Waals surface area (Å²) in [6.45, 7) is 11.7. The zero-order valence-corrected chi connectivity index (χ0v) is 24.7. The molecule has 0 aliphatic rings. The number of nitrogens with zero attached hydrogens (tertiary/aromatic N) is 1. The maximum absolute atomic E-state index is 13.6. The summed E-state index contributed by atoms with van der Waals surface area (Å²) in [4.78, 5) is 15.3. The molecule has 0 unspecified atom stereocenters. The highest BCUT2D eigenvalue weighted by molar-refractivity contribution is 6.73. The number of amides is 1. The molecule has 1 rings (SSSR count). The molecule has 202 valence electrons. The number of aliphatic hydroxyl groups is 1. The van der Waals surface area contributed by atoms with E-state index in [0.717, 1.165) is 31.2 Å². The third-order valence-electron chi connectivity index (χ3n) is 7.64. The molecule has 5 heteroatoms. The van der Waals surface area contributed by atoms with Crippen LogP contribution < -0.4 is 0 Å². The van der Waals surface area contributed by atoms with Gasteiger partial charge in [0.15, 0.2) is 8.32 Å². The summed E-state index contributed by atoms with van der Waals surface area (Å²) in [6.07, 6.45) is 10.6. The first-order valence-corrected chi connectivity index (χ1v) is 17.0. The zero-order valence-electron chi connectivity index (χ0n) is 23.7. The van der Waals surface area contributed by atoms with Crippen molar-refractivity contribution in [2.75, 3.05) is 13.7 Å². The number of likely N-dealkylation sites (N-methyl/N-ethyl adjacent to an activating group) is 1. The Morgan fingerprint density at radius 1 is 0.886 bits per heavy atom. The predicted octanol–water partition coefficient (Wildman–Crippen LogP) is 8.13. The first-order valence-electron chi connectivity index (χ1n) is 14.5. The number of aliphatic hydroxyl groups excluding tert-OH is 1. The average Bonchev–Trinajstić information content (AvgIpc) is 2.89. The number of unbranched alkanes of at least 4 members (excludes halogenated alkanes) is 4. The van der Waals surface area contributed by atoms with Crippen molar-refractivity contribution >= 4 is 14.2 Å². The Hall–Kier alpha value is -1.17. The molecule has 0 aliphatic carbocycles. The van der Waals surface area contributed by atoms with Crippen molar-refractivity contribution in [2.45, 2.75) is 129 Å². The van der Waals surface area contributed by atoms with Gasteiger partial charge in [0, 0.05) is 19.6 Å². The van der Waals surface area contributed by atoms with Crippen LogP contribution >= 0.6 is 0 Å². The van der Waals surface area contributed by atoms with Crippen LogP contribution in [0, 0.1) is 5.92 Å². The minimum atomic E-state index is -1.77. The molecular weight excluding hydrogens is 450 g/mol. The fraction of sp³-hybridized carbons (Fsp3) is 0.767. The fourth-order valence-corrected chi connectivity index (χ4v) is 9.70. The third kappa shape index (κ3) is 11.2. The van der Waals surface area contributed by atoms with E-state index < -0.39 is 14.4 Å². The number of hydrogen-bond donors (Lipinski definition) is 1. The SMILES string of the molecule is CCCC[C@H](CCO[Si](CCCC)(CCCC)CCCC)C(=O)N(C)[C@@H](C)[C@@H](O)c1ccccc1. The number of carbonyl (C=O) groups is 1. The Balaban J connectivity index is 2.89. The van der Waals surface area contributed by atoms with Gasteiger partial charge in [-0.25, -0.2) is 0 Å². The maximum Gasteiger partial charge on any atom is 0.225 e. The second-order valence-electron chi connectivity index (χ2n) is 10.5. The molecule has 0 saturated heterocycles. The molecule has 1 amide bonds. The summed E-state index contributed by atoms with van der Waals surface area (Å²) >= 11 is 0. The van der Waals surface area contributed by atoms with Crippen LogP contribution in [-0.4, -0.2) is 43.9 Å². The quantitative estimate of drug-likeness (QED) is 0.182. The summed E-state index contributed by atoms with van der Waals surface area (Å²) in [6, 6.07) is 13.2. The molecule has 0 spiro atoms. The molecule has 0 radical (unpaired) electrons. The number of benzene rings is 1. The normalized spacial score (nSPS) is 14.5. The minimum absolute atomic E-state index is 0.0411. The lowest BCUT2D eigenvalue weighted by atomic mass is 9.95. The van der Waals surface area contributed by atoms with Crippen LogP contribution in [0.15, 0.2) is 30.3 Å². The molecule has 0 heterocycles. The molecular formula is C30H55NO3Si. The van der Waals surface area contributed by atoms with Crippen molar-refractivity contribution in [1.82, 2.24) is 4.90 Å². The van der Waals surface area contributed by atoms with Gasteiger partial charge in [-0.15, -0.1) is 0 Å². The van der Waals surface area contributed by atoms with Crippen molar-refractivity contribution in [1.29, 1.82) is 0 Å². The van der Waals surface area contributed by atoms with Crippen molar-refractivity contribution in [3.05, 3.63) is 35.9 Å².